The summed E-state index contributed by atoms with van der Waals surface area (Å²) in [5.41, 5.74) is -0.0661. The van der Waals surface area contributed by atoms with Crippen molar-refractivity contribution in [1.82, 2.24) is 0 Å². The van der Waals surface area contributed by atoms with Crippen molar-refractivity contribution < 1.29 is 43.1 Å². The first kappa shape index (κ1) is 31.8. The zero-order chi connectivity index (χ0) is 33.4. The van der Waals surface area contributed by atoms with Crippen molar-refractivity contribution in [2.24, 2.45) is 17.8 Å². The van der Waals surface area contributed by atoms with Crippen LogP contribution in [0.25, 0.3) is 0 Å². The average molecular weight is 643 g/mol. The number of aliphatic hydroxyl groups is 1. The first-order valence-corrected chi connectivity index (χ1v) is 16.2. The van der Waals surface area contributed by atoms with Gasteiger partial charge in [0.25, 0.3) is 5.97 Å². The molecule has 7 rings (SSSR count). The largest absolute Gasteiger partial charge is 0.493 e. The fraction of sp³-hybridized carbons (Fsp3) is 0.474. The minimum atomic E-state index is -1.79. The lowest BCUT2D eigenvalue weighted by Crippen LogP contribution is -2.70. The topological polar surface area (TPSA) is 110 Å². The summed E-state index contributed by atoms with van der Waals surface area (Å²) in [6.07, 6.45) is 4.27. The van der Waals surface area contributed by atoms with Crippen LogP contribution in [0, 0.1) is 17.8 Å². The minimum Gasteiger partial charge on any atom is -0.493 e. The second-order valence-corrected chi connectivity index (χ2v) is 13.9. The van der Waals surface area contributed by atoms with E-state index in [4.69, 9.17) is 28.4 Å². The van der Waals surface area contributed by atoms with Gasteiger partial charge in [0.15, 0.2) is 17.3 Å². The second kappa shape index (κ2) is 11.2. The molecule has 3 bridgehead atoms. The molecule has 2 aromatic carbocycles. The van der Waals surface area contributed by atoms with Crippen molar-refractivity contribution in [2.75, 3.05) is 20.8 Å². The SMILES string of the molecule is C=C(C)[C@]12C[C@@H](C)[C@@]34O[C@](Cc5ccccc5)(OC1[C@@H]3C=C(COC(=O)Cc1ccc(OC)c(OC)c1)C[C@]1(O)C(=O)C(C)=C[C@@H]41)O2. The van der Waals surface area contributed by atoms with E-state index in [-0.39, 0.29) is 31.1 Å². The molecule has 3 aliphatic carbocycles. The Labute approximate surface area is 275 Å². The van der Waals surface area contributed by atoms with Gasteiger partial charge in [0.1, 0.15) is 23.9 Å². The number of esters is 1. The Morgan fingerprint density at radius 1 is 1.04 bits per heavy atom. The van der Waals surface area contributed by atoms with Gasteiger partial charge in [-0.2, -0.15) is 0 Å². The highest BCUT2D eigenvalue weighted by atomic mass is 16.9. The van der Waals surface area contributed by atoms with Crippen LogP contribution < -0.4 is 9.47 Å². The number of methoxy groups -OCH3 is 2. The molecule has 8 atom stereocenters. The molecule has 248 valence electrons. The van der Waals surface area contributed by atoms with Crippen LogP contribution in [-0.4, -0.2) is 66.6 Å². The molecule has 0 spiro atoms. The summed E-state index contributed by atoms with van der Waals surface area (Å²) in [4.78, 5) is 26.9. The number of ketones is 1. The van der Waals surface area contributed by atoms with Gasteiger partial charge in [0, 0.05) is 18.3 Å². The van der Waals surface area contributed by atoms with E-state index < -0.39 is 46.7 Å². The van der Waals surface area contributed by atoms with E-state index in [9.17, 15) is 14.7 Å². The van der Waals surface area contributed by atoms with Crippen molar-refractivity contribution >= 4 is 11.8 Å². The molecular formula is C38H42O9. The molecule has 9 heteroatoms. The molecule has 1 N–H and O–H groups in total. The number of hydrogen-bond acceptors (Lipinski definition) is 9. The Morgan fingerprint density at radius 3 is 2.49 bits per heavy atom. The fourth-order valence-corrected chi connectivity index (χ4v) is 8.87. The first-order chi connectivity index (χ1) is 22.4. The number of rotatable bonds is 9. The summed E-state index contributed by atoms with van der Waals surface area (Å²) in [6, 6.07) is 15.1. The number of Topliss-reactive ketones (excluding diaryl/α,β-unsaturated/α-hetero) is 1. The van der Waals surface area contributed by atoms with Crippen molar-refractivity contribution in [1.29, 1.82) is 0 Å². The van der Waals surface area contributed by atoms with Gasteiger partial charge in [-0.05, 0) is 66.2 Å². The molecule has 3 fully saturated rings. The Kier molecular flexibility index (Phi) is 7.55. The third-order valence-electron chi connectivity index (χ3n) is 10.9. The number of carbonyl (C=O) groups excluding carboxylic acids is 2. The van der Waals surface area contributed by atoms with Crippen LogP contribution in [0.4, 0.5) is 0 Å². The van der Waals surface area contributed by atoms with Gasteiger partial charge in [-0.15, -0.1) is 0 Å². The Balaban J connectivity index is 1.25. The van der Waals surface area contributed by atoms with Crippen LogP contribution in [0.1, 0.15) is 44.7 Å². The second-order valence-electron chi connectivity index (χ2n) is 13.9. The highest BCUT2D eigenvalue weighted by Crippen LogP contribution is 2.68. The lowest BCUT2D eigenvalue weighted by Gasteiger charge is -2.59. The van der Waals surface area contributed by atoms with Crippen molar-refractivity contribution in [3.8, 4) is 11.5 Å². The fourth-order valence-electron chi connectivity index (χ4n) is 8.87. The molecular weight excluding hydrogens is 600 g/mol. The summed E-state index contributed by atoms with van der Waals surface area (Å²) in [5, 5.41) is 12.4. The summed E-state index contributed by atoms with van der Waals surface area (Å²) >= 11 is 0. The van der Waals surface area contributed by atoms with E-state index in [0.717, 1.165) is 11.1 Å². The Bertz CT molecular complexity index is 1700. The molecule has 9 nitrogen and oxygen atoms in total. The maximum absolute atomic E-state index is 13.8. The van der Waals surface area contributed by atoms with E-state index in [1.165, 1.54) is 7.11 Å². The van der Waals surface area contributed by atoms with Crippen molar-refractivity contribution in [3.05, 3.63) is 95.1 Å². The minimum absolute atomic E-state index is 0.00163. The lowest BCUT2D eigenvalue weighted by molar-refractivity contribution is -0.421. The van der Waals surface area contributed by atoms with Gasteiger partial charge in [-0.3, -0.25) is 9.59 Å². The predicted octanol–water partition coefficient (Wildman–Crippen LogP) is 5.05. The van der Waals surface area contributed by atoms with Crippen LogP contribution in [-0.2, 0) is 41.4 Å². The molecule has 2 aliphatic heterocycles. The summed E-state index contributed by atoms with van der Waals surface area (Å²) in [5.74, 6) is -2.42. The van der Waals surface area contributed by atoms with Crippen LogP contribution in [0.15, 0.2) is 84.0 Å². The highest BCUT2D eigenvalue weighted by Gasteiger charge is 2.79. The molecule has 2 aromatic rings. The molecule has 47 heavy (non-hydrogen) atoms. The number of benzene rings is 2. The Hall–Kier alpha value is -3.76. The molecule has 0 amide bonds. The monoisotopic (exact) mass is 642 g/mol. The van der Waals surface area contributed by atoms with Crippen LogP contribution in [0.2, 0.25) is 0 Å². The number of hydrogen-bond donors (Lipinski definition) is 1. The van der Waals surface area contributed by atoms with Crippen LogP contribution in [0.5, 0.6) is 11.5 Å². The third-order valence-corrected chi connectivity index (χ3v) is 10.9. The molecule has 2 heterocycles. The smallest absolute Gasteiger partial charge is 0.310 e. The zero-order valence-electron chi connectivity index (χ0n) is 27.5. The standard InChI is InChI=1S/C38H42O9/c1-22(2)36-18-24(4)38-28(34(36)45-37(46-36,47-38)20-25-10-8-7-9-11-25)15-27(19-35(41)31(38)14-23(3)33(35)40)21-44-32(39)17-26-12-13-29(42-5)30(16-26)43-6/h7-16,24,28,31,34,41H,1,17-21H2,2-6H3/t24-,28+,31-,34?,35-,36-,37-,38-/m1/s1. The van der Waals surface area contributed by atoms with Gasteiger partial charge in [-0.25, -0.2) is 0 Å². The van der Waals surface area contributed by atoms with Crippen LogP contribution >= 0.6 is 0 Å². The van der Waals surface area contributed by atoms with E-state index in [0.29, 0.717) is 41.1 Å². The van der Waals surface area contributed by atoms with Gasteiger partial charge in [0.05, 0.1) is 32.7 Å². The average Bonchev–Trinajstić information content (AvgIpc) is 3.35. The summed E-state index contributed by atoms with van der Waals surface area (Å²) in [7, 11) is 3.09. The molecule has 0 aromatic heterocycles. The number of carbonyl (C=O) groups is 2. The molecule has 5 aliphatic rings. The highest BCUT2D eigenvalue weighted by molar-refractivity contribution is 6.04. The van der Waals surface area contributed by atoms with E-state index >= 15 is 0 Å². The summed E-state index contributed by atoms with van der Waals surface area (Å²) < 4.78 is 37.4. The number of ether oxygens (including phenoxy) is 6. The maximum atomic E-state index is 13.8. The number of fused-ring (bicyclic) bond motifs is 2. The molecule has 2 saturated heterocycles. The van der Waals surface area contributed by atoms with Gasteiger partial charge >= 0.3 is 5.97 Å². The predicted molar refractivity (Wildman–Crippen MR) is 172 cm³/mol. The van der Waals surface area contributed by atoms with E-state index in [1.54, 1.807) is 32.2 Å². The molecule has 1 unspecified atom stereocenters. The normalized spacial score (nSPS) is 36.5. The third kappa shape index (κ3) is 4.73. The van der Waals surface area contributed by atoms with E-state index in [1.807, 2.05) is 49.4 Å². The lowest BCUT2D eigenvalue weighted by atomic mass is 9.55. The van der Waals surface area contributed by atoms with Crippen LogP contribution in [0.3, 0.4) is 0 Å². The van der Waals surface area contributed by atoms with Gasteiger partial charge < -0.3 is 33.5 Å². The molecule has 1 saturated carbocycles. The molecule has 0 radical (unpaired) electrons. The van der Waals surface area contributed by atoms with Gasteiger partial charge in [-0.1, -0.05) is 62.1 Å². The summed E-state index contributed by atoms with van der Waals surface area (Å²) in [6.45, 7) is 10.1. The van der Waals surface area contributed by atoms with Crippen molar-refractivity contribution in [3.63, 3.8) is 0 Å². The zero-order valence-corrected chi connectivity index (χ0v) is 27.5. The van der Waals surface area contributed by atoms with Crippen molar-refractivity contribution in [2.45, 2.75) is 75.3 Å². The Morgan fingerprint density at radius 2 is 1.79 bits per heavy atom. The maximum Gasteiger partial charge on any atom is 0.310 e. The first-order valence-electron chi connectivity index (χ1n) is 16.2. The van der Waals surface area contributed by atoms with E-state index in [2.05, 4.69) is 13.5 Å². The van der Waals surface area contributed by atoms with Gasteiger partial charge in [0.2, 0.25) is 0 Å². The quantitative estimate of drug-likeness (QED) is 0.297.